The lowest BCUT2D eigenvalue weighted by Gasteiger charge is -2.30. The van der Waals surface area contributed by atoms with Crippen molar-refractivity contribution >= 4 is 28.9 Å². The Labute approximate surface area is 180 Å². The third kappa shape index (κ3) is 3.87. The van der Waals surface area contributed by atoms with E-state index in [1.807, 2.05) is 35.0 Å². The zero-order valence-electron chi connectivity index (χ0n) is 16.2. The van der Waals surface area contributed by atoms with E-state index in [2.05, 4.69) is 35.1 Å². The Bertz CT molecular complexity index is 1020. The highest BCUT2D eigenvalue weighted by Gasteiger charge is 2.41. The molecule has 3 heterocycles. The van der Waals surface area contributed by atoms with Crippen LogP contribution in [0.5, 0.6) is 0 Å². The molecule has 2 atom stereocenters. The van der Waals surface area contributed by atoms with Gasteiger partial charge in [-0.2, -0.15) is 0 Å². The molecule has 2 aromatic heterocycles. The Kier molecular flexibility index (Phi) is 5.56. The first-order chi connectivity index (χ1) is 14.0. The van der Waals surface area contributed by atoms with Crippen molar-refractivity contribution in [1.29, 1.82) is 0 Å². The Morgan fingerprint density at radius 1 is 1.21 bits per heavy atom. The van der Waals surface area contributed by atoms with Crippen LogP contribution >= 0.6 is 23.8 Å². The van der Waals surface area contributed by atoms with Gasteiger partial charge in [0, 0.05) is 30.3 Å². The highest BCUT2D eigenvalue weighted by Crippen LogP contribution is 2.40. The molecule has 0 spiro atoms. The smallest absolute Gasteiger partial charge is 0.170 e. The van der Waals surface area contributed by atoms with Crippen LogP contribution in [0.15, 0.2) is 60.9 Å². The van der Waals surface area contributed by atoms with Crippen molar-refractivity contribution in [3.63, 3.8) is 0 Å². The summed E-state index contributed by atoms with van der Waals surface area (Å²) in [4.78, 5) is 6.79. The Hall–Kier alpha value is -2.44. The molecule has 1 saturated heterocycles. The van der Waals surface area contributed by atoms with E-state index in [-0.39, 0.29) is 17.1 Å². The van der Waals surface area contributed by atoms with E-state index >= 15 is 0 Å². The monoisotopic (exact) mass is 428 g/mol. The summed E-state index contributed by atoms with van der Waals surface area (Å²) in [6.45, 7) is 5.16. The van der Waals surface area contributed by atoms with Crippen molar-refractivity contribution < 1.29 is 4.39 Å². The number of pyridine rings is 1. The minimum Gasteiger partial charge on any atom is -0.352 e. The van der Waals surface area contributed by atoms with E-state index in [1.54, 1.807) is 18.3 Å². The minimum atomic E-state index is -0.430. The number of benzene rings is 1. The number of hydrogen-bond donors (Lipinski definition) is 1. The summed E-state index contributed by atoms with van der Waals surface area (Å²) in [6, 6.07) is 14.6. The predicted octanol–water partition coefficient (Wildman–Crippen LogP) is 5.29. The Balaban J connectivity index is 1.82. The van der Waals surface area contributed by atoms with E-state index in [4.69, 9.17) is 23.8 Å². The van der Waals surface area contributed by atoms with E-state index in [0.717, 1.165) is 23.6 Å². The molecule has 1 N–H and O–H groups in total. The van der Waals surface area contributed by atoms with Crippen LogP contribution in [0.25, 0.3) is 5.69 Å². The molecule has 3 aromatic rings. The highest BCUT2D eigenvalue weighted by molar-refractivity contribution is 7.80. The number of rotatable bonds is 5. The molecule has 0 radical (unpaired) electrons. The molecule has 0 saturated carbocycles. The van der Waals surface area contributed by atoms with Crippen LogP contribution in [0.2, 0.25) is 5.02 Å². The largest absolute Gasteiger partial charge is 0.352 e. The van der Waals surface area contributed by atoms with Crippen molar-refractivity contribution in [2.24, 2.45) is 5.92 Å². The molecule has 7 heteroatoms. The van der Waals surface area contributed by atoms with Crippen molar-refractivity contribution in [3.05, 3.63) is 83.2 Å². The van der Waals surface area contributed by atoms with Gasteiger partial charge in [-0.1, -0.05) is 31.5 Å². The molecule has 0 amide bonds. The van der Waals surface area contributed by atoms with Gasteiger partial charge in [0.1, 0.15) is 5.82 Å². The molecule has 4 nitrogen and oxygen atoms in total. The topological polar surface area (TPSA) is 33.1 Å². The van der Waals surface area contributed by atoms with Crippen LogP contribution in [-0.4, -0.2) is 26.1 Å². The lowest BCUT2D eigenvalue weighted by molar-refractivity contribution is 0.280. The molecule has 1 aliphatic heterocycles. The van der Waals surface area contributed by atoms with Gasteiger partial charge in [0.05, 0.1) is 22.8 Å². The number of hydrogen-bond acceptors (Lipinski definition) is 2. The lowest BCUT2D eigenvalue weighted by atomic mass is 10.0. The average Bonchev–Trinajstić information content (AvgIpc) is 3.29. The van der Waals surface area contributed by atoms with Gasteiger partial charge in [-0.25, -0.2) is 4.39 Å². The molecular formula is C22H22ClFN4S. The SMILES string of the molecule is CC(C)CN1C(=S)N[C@H](c2ccccn2)[C@@H]1c1cccn1-c1ccc(F)c(Cl)c1. The van der Waals surface area contributed by atoms with Gasteiger partial charge in [0.15, 0.2) is 5.11 Å². The summed E-state index contributed by atoms with van der Waals surface area (Å²) in [5.74, 6) is 0.00374. The van der Waals surface area contributed by atoms with Gasteiger partial charge in [-0.05, 0) is 60.6 Å². The van der Waals surface area contributed by atoms with Crippen LogP contribution in [0.4, 0.5) is 4.39 Å². The molecule has 29 heavy (non-hydrogen) atoms. The minimum absolute atomic E-state index is 0.0568. The van der Waals surface area contributed by atoms with E-state index < -0.39 is 5.82 Å². The van der Waals surface area contributed by atoms with Gasteiger partial charge in [-0.15, -0.1) is 0 Å². The number of halogens is 2. The summed E-state index contributed by atoms with van der Waals surface area (Å²) >= 11 is 11.7. The maximum Gasteiger partial charge on any atom is 0.170 e. The van der Waals surface area contributed by atoms with Crippen LogP contribution in [0.3, 0.4) is 0 Å². The normalized spacial score (nSPS) is 19.1. The third-order valence-electron chi connectivity index (χ3n) is 5.02. The van der Waals surface area contributed by atoms with Gasteiger partial charge in [0.25, 0.3) is 0 Å². The van der Waals surface area contributed by atoms with Crippen LogP contribution in [0, 0.1) is 11.7 Å². The predicted molar refractivity (Wildman–Crippen MR) is 118 cm³/mol. The van der Waals surface area contributed by atoms with Gasteiger partial charge < -0.3 is 14.8 Å². The van der Waals surface area contributed by atoms with Crippen LogP contribution in [0.1, 0.15) is 37.3 Å². The van der Waals surface area contributed by atoms with Gasteiger partial charge >= 0.3 is 0 Å². The number of nitrogens with one attached hydrogen (secondary N) is 1. The summed E-state index contributed by atoms with van der Waals surface area (Å²) in [5.41, 5.74) is 2.77. The lowest BCUT2D eigenvalue weighted by Crippen LogP contribution is -2.33. The van der Waals surface area contributed by atoms with E-state index in [1.165, 1.54) is 6.07 Å². The fourth-order valence-electron chi connectivity index (χ4n) is 3.82. The molecule has 0 unspecified atom stereocenters. The second kappa shape index (κ2) is 8.13. The molecule has 150 valence electrons. The second-order valence-electron chi connectivity index (χ2n) is 7.57. The second-order valence-corrected chi connectivity index (χ2v) is 8.37. The fraction of sp³-hybridized carbons (Fsp3) is 0.273. The first-order valence-electron chi connectivity index (χ1n) is 9.56. The first kappa shape index (κ1) is 19.9. The number of nitrogens with zero attached hydrogens (tertiary/aromatic N) is 3. The first-order valence-corrected chi connectivity index (χ1v) is 10.3. The maximum absolute atomic E-state index is 13.7. The van der Waals surface area contributed by atoms with Gasteiger partial charge in [0.2, 0.25) is 0 Å². The summed E-state index contributed by atoms with van der Waals surface area (Å²) in [5, 5.41) is 4.27. The van der Waals surface area contributed by atoms with E-state index in [9.17, 15) is 4.39 Å². The van der Waals surface area contributed by atoms with Crippen molar-refractivity contribution in [3.8, 4) is 5.69 Å². The van der Waals surface area contributed by atoms with Crippen molar-refractivity contribution in [2.75, 3.05) is 6.54 Å². The molecule has 1 aromatic carbocycles. The Morgan fingerprint density at radius 3 is 2.72 bits per heavy atom. The summed E-state index contributed by atoms with van der Waals surface area (Å²) in [6.07, 6.45) is 3.75. The molecule has 1 fully saturated rings. The fourth-order valence-corrected chi connectivity index (χ4v) is 4.31. The van der Waals surface area contributed by atoms with Crippen LogP contribution in [-0.2, 0) is 0 Å². The molecule has 0 aliphatic carbocycles. The zero-order valence-corrected chi connectivity index (χ0v) is 17.8. The zero-order chi connectivity index (χ0) is 20.5. The molecule has 1 aliphatic rings. The molecular weight excluding hydrogens is 407 g/mol. The van der Waals surface area contributed by atoms with Crippen molar-refractivity contribution in [1.82, 2.24) is 19.8 Å². The standard InChI is InChI=1S/C22H22ClFN4S/c1-14(2)13-28-21(20(26-22(28)29)18-6-3-4-10-25-18)19-7-5-11-27(19)15-8-9-17(24)16(23)12-15/h3-12,14,20-21H,13H2,1-2H3,(H,26,29)/t20-,21+/m1/s1. The number of aromatic nitrogens is 2. The Morgan fingerprint density at radius 2 is 2.03 bits per heavy atom. The maximum atomic E-state index is 13.7. The number of thiocarbonyl (C=S) groups is 1. The van der Waals surface area contributed by atoms with Crippen LogP contribution < -0.4 is 5.32 Å². The van der Waals surface area contributed by atoms with Gasteiger partial charge in [-0.3, -0.25) is 4.98 Å². The molecule has 4 rings (SSSR count). The van der Waals surface area contributed by atoms with E-state index in [0.29, 0.717) is 11.0 Å². The quantitative estimate of drug-likeness (QED) is 0.559. The summed E-state index contributed by atoms with van der Waals surface area (Å²) < 4.78 is 15.7. The molecule has 0 bridgehead atoms. The van der Waals surface area contributed by atoms with Crippen molar-refractivity contribution in [2.45, 2.75) is 25.9 Å². The highest BCUT2D eigenvalue weighted by atomic mass is 35.5. The third-order valence-corrected chi connectivity index (χ3v) is 5.67. The summed E-state index contributed by atoms with van der Waals surface area (Å²) in [7, 11) is 0. The average molecular weight is 429 g/mol.